The number of β-amino-alcohol motifs (C(OH)–C–C–N with tert-alkyl or cyclic N) is 1. The number of ether oxygens (including phenoxy) is 2. The largest absolute Gasteiger partial charge is 0.494 e. The summed E-state index contributed by atoms with van der Waals surface area (Å²) in [5.41, 5.74) is 1.28. The summed E-state index contributed by atoms with van der Waals surface area (Å²) < 4.78 is 11.0. The van der Waals surface area contributed by atoms with Crippen LogP contribution in [-0.4, -0.2) is 80.6 Å². The van der Waals surface area contributed by atoms with Crippen LogP contribution in [-0.2, 0) is 9.47 Å². The minimum Gasteiger partial charge on any atom is -0.494 e. The standard InChI is InChI=1S/C14H27NO2.C6H13NO/c1-4-13(2)11-17-14(12-16-3)10-15-8-6-5-7-9-15;1-7-4-2-3-6(8)5-7/h11,14H,4-10,12H2,1-3H3;6,8H,2-5H2,1H3/b13-11+;. The van der Waals surface area contributed by atoms with Gasteiger partial charge in [0.2, 0.25) is 0 Å². The molecule has 148 valence electrons. The van der Waals surface area contributed by atoms with Crippen molar-refractivity contribution in [2.45, 2.75) is 64.6 Å². The third-order valence-corrected chi connectivity index (χ3v) is 4.88. The number of likely N-dealkylation sites (N-methyl/N-ethyl adjacent to an activating group) is 1. The number of allylic oxidation sites excluding steroid dienone is 1. The lowest BCUT2D eigenvalue weighted by Gasteiger charge is -2.29. The Morgan fingerprint density at radius 1 is 1.20 bits per heavy atom. The van der Waals surface area contributed by atoms with Crippen molar-refractivity contribution in [2.75, 3.05) is 53.5 Å². The molecule has 2 heterocycles. The Labute approximate surface area is 155 Å². The number of aliphatic hydroxyl groups excluding tert-OH is 1. The Kier molecular flexibility index (Phi) is 12.2. The number of rotatable bonds is 7. The molecule has 2 rings (SSSR count). The van der Waals surface area contributed by atoms with Crippen LogP contribution in [0.4, 0.5) is 0 Å². The van der Waals surface area contributed by atoms with Gasteiger partial charge in [0.15, 0.2) is 0 Å². The highest BCUT2D eigenvalue weighted by Crippen LogP contribution is 2.11. The molecule has 0 saturated carbocycles. The summed E-state index contributed by atoms with van der Waals surface area (Å²) in [6, 6.07) is 0. The molecule has 5 heteroatoms. The molecule has 0 aromatic heterocycles. The first-order chi connectivity index (χ1) is 12.0. The molecular weight excluding hydrogens is 316 g/mol. The van der Waals surface area contributed by atoms with E-state index in [1.54, 1.807) is 7.11 Å². The molecule has 0 aromatic rings. The van der Waals surface area contributed by atoms with Crippen molar-refractivity contribution in [3.63, 3.8) is 0 Å². The summed E-state index contributed by atoms with van der Waals surface area (Å²) >= 11 is 0. The molecule has 0 spiro atoms. The van der Waals surface area contributed by atoms with E-state index in [1.807, 2.05) is 13.3 Å². The minimum atomic E-state index is -0.0613. The molecule has 2 fully saturated rings. The van der Waals surface area contributed by atoms with E-state index in [2.05, 4.69) is 23.6 Å². The third-order valence-electron chi connectivity index (χ3n) is 4.88. The fourth-order valence-corrected chi connectivity index (χ4v) is 3.19. The molecule has 2 atom stereocenters. The predicted molar refractivity (Wildman–Crippen MR) is 104 cm³/mol. The monoisotopic (exact) mass is 356 g/mol. The van der Waals surface area contributed by atoms with Crippen molar-refractivity contribution in [1.29, 1.82) is 0 Å². The maximum atomic E-state index is 9.04. The van der Waals surface area contributed by atoms with Gasteiger partial charge >= 0.3 is 0 Å². The van der Waals surface area contributed by atoms with Crippen LogP contribution < -0.4 is 0 Å². The maximum absolute atomic E-state index is 9.04. The van der Waals surface area contributed by atoms with Crippen molar-refractivity contribution in [2.24, 2.45) is 0 Å². The first kappa shape index (κ1) is 22.4. The van der Waals surface area contributed by atoms with E-state index >= 15 is 0 Å². The number of aliphatic hydroxyl groups is 1. The van der Waals surface area contributed by atoms with Crippen LogP contribution in [0.1, 0.15) is 52.4 Å². The van der Waals surface area contributed by atoms with E-state index < -0.39 is 0 Å². The van der Waals surface area contributed by atoms with E-state index in [-0.39, 0.29) is 12.2 Å². The van der Waals surface area contributed by atoms with Gasteiger partial charge in [0.1, 0.15) is 6.10 Å². The highest BCUT2D eigenvalue weighted by atomic mass is 16.5. The SMILES string of the molecule is CC/C(C)=C/OC(COC)CN1CCCCC1.CN1CCCC(O)C1. The van der Waals surface area contributed by atoms with Crippen LogP contribution in [0.2, 0.25) is 0 Å². The number of likely N-dealkylation sites (tertiary alicyclic amines) is 2. The van der Waals surface area contributed by atoms with Crippen LogP contribution in [0.15, 0.2) is 11.8 Å². The fraction of sp³-hybridized carbons (Fsp3) is 0.900. The molecule has 0 bridgehead atoms. The van der Waals surface area contributed by atoms with E-state index in [0.29, 0.717) is 6.61 Å². The molecule has 2 unspecified atom stereocenters. The predicted octanol–water partition coefficient (Wildman–Crippen LogP) is 2.89. The molecule has 2 saturated heterocycles. The highest BCUT2D eigenvalue weighted by molar-refractivity contribution is 4.91. The van der Waals surface area contributed by atoms with Gasteiger partial charge in [0, 0.05) is 20.2 Å². The topological polar surface area (TPSA) is 45.2 Å². The normalized spacial score (nSPS) is 24.4. The van der Waals surface area contributed by atoms with Gasteiger partial charge in [-0.05, 0) is 71.3 Å². The molecular formula is C20H40N2O3. The fourth-order valence-electron chi connectivity index (χ4n) is 3.19. The lowest BCUT2D eigenvalue weighted by Crippen LogP contribution is -2.38. The van der Waals surface area contributed by atoms with Gasteiger partial charge in [-0.1, -0.05) is 13.3 Å². The van der Waals surface area contributed by atoms with E-state index in [4.69, 9.17) is 14.6 Å². The summed E-state index contributed by atoms with van der Waals surface area (Å²) in [4.78, 5) is 4.65. The maximum Gasteiger partial charge on any atom is 0.134 e. The van der Waals surface area contributed by atoms with Crippen molar-refractivity contribution < 1.29 is 14.6 Å². The Balaban J connectivity index is 0.000000324. The number of nitrogens with zero attached hydrogens (tertiary/aromatic N) is 2. The minimum absolute atomic E-state index is 0.0613. The van der Waals surface area contributed by atoms with Gasteiger partial charge in [0.25, 0.3) is 0 Å². The summed E-state index contributed by atoms with van der Waals surface area (Å²) in [5, 5.41) is 9.04. The Morgan fingerprint density at radius 3 is 2.44 bits per heavy atom. The summed E-state index contributed by atoms with van der Waals surface area (Å²) in [6.07, 6.45) is 9.21. The number of hydrogen-bond donors (Lipinski definition) is 1. The van der Waals surface area contributed by atoms with Gasteiger partial charge < -0.3 is 19.5 Å². The average molecular weight is 357 g/mol. The quantitative estimate of drug-likeness (QED) is 0.711. The van der Waals surface area contributed by atoms with E-state index in [0.717, 1.165) is 38.9 Å². The van der Waals surface area contributed by atoms with E-state index in [9.17, 15) is 0 Å². The van der Waals surface area contributed by atoms with Crippen LogP contribution in [0.25, 0.3) is 0 Å². The van der Waals surface area contributed by atoms with Crippen molar-refractivity contribution >= 4 is 0 Å². The molecule has 5 nitrogen and oxygen atoms in total. The molecule has 0 aliphatic carbocycles. The Bertz CT molecular complexity index is 349. The second-order valence-electron chi connectivity index (χ2n) is 7.45. The van der Waals surface area contributed by atoms with Gasteiger partial charge in [0.05, 0.1) is 19.0 Å². The lowest BCUT2D eigenvalue weighted by atomic mass is 10.1. The smallest absolute Gasteiger partial charge is 0.134 e. The zero-order chi connectivity index (χ0) is 18.5. The Morgan fingerprint density at radius 2 is 1.92 bits per heavy atom. The lowest BCUT2D eigenvalue weighted by molar-refractivity contribution is 0.0219. The zero-order valence-electron chi connectivity index (χ0n) is 16.9. The molecule has 2 aliphatic heterocycles. The number of piperidine rings is 2. The molecule has 0 radical (unpaired) electrons. The summed E-state index contributed by atoms with van der Waals surface area (Å²) in [7, 11) is 3.78. The van der Waals surface area contributed by atoms with Gasteiger partial charge in [-0.15, -0.1) is 0 Å². The van der Waals surface area contributed by atoms with Crippen molar-refractivity contribution in [3.8, 4) is 0 Å². The van der Waals surface area contributed by atoms with Gasteiger partial charge in [-0.2, -0.15) is 0 Å². The van der Waals surface area contributed by atoms with Crippen LogP contribution in [0, 0.1) is 0 Å². The second kappa shape index (κ2) is 13.6. The van der Waals surface area contributed by atoms with Crippen LogP contribution >= 0.6 is 0 Å². The first-order valence-electron chi connectivity index (χ1n) is 9.94. The summed E-state index contributed by atoms with van der Waals surface area (Å²) in [6.45, 7) is 10.3. The average Bonchev–Trinajstić information content (AvgIpc) is 2.61. The van der Waals surface area contributed by atoms with Crippen molar-refractivity contribution in [3.05, 3.63) is 11.8 Å². The second-order valence-corrected chi connectivity index (χ2v) is 7.45. The molecule has 0 amide bonds. The van der Waals surface area contributed by atoms with E-state index in [1.165, 1.54) is 37.9 Å². The number of methoxy groups -OCH3 is 1. The highest BCUT2D eigenvalue weighted by Gasteiger charge is 2.16. The van der Waals surface area contributed by atoms with Crippen LogP contribution in [0.5, 0.6) is 0 Å². The summed E-state index contributed by atoms with van der Waals surface area (Å²) in [5.74, 6) is 0. The molecule has 25 heavy (non-hydrogen) atoms. The Hall–Kier alpha value is -0.620. The first-order valence-corrected chi connectivity index (χ1v) is 9.94. The molecule has 1 N–H and O–H groups in total. The number of hydrogen-bond acceptors (Lipinski definition) is 5. The van der Waals surface area contributed by atoms with Gasteiger partial charge in [-0.3, -0.25) is 4.90 Å². The zero-order valence-corrected chi connectivity index (χ0v) is 16.9. The molecule has 2 aliphatic rings. The molecule has 0 aromatic carbocycles. The van der Waals surface area contributed by atoms with Crippen molar-refractivity contribution in [1.82, 2.24) is 9.80 Å². The van der Waals surface area contributed by atoms with Crippen LogP contribution in [0.3, 0.4) is 0 Å². The van der Waals surface area contributed by atoms with Gasteiger partial charge in [-0.25, -0.2) is 0 Å². The third kappa shape index (κ3) is 10.9.